The molecule has 0 aromatic heterocycles. The third-order valence-corrected chi connectivity index (χ3v) is 6.77. The van der Waals surface area contributed by atoms with E-state index in [9.17, 15) is 10.1 Å². The predicted molar refractivity (Wildman–Crippen MR) is 152 cm³/mol. The number of anilines is 1. The van der Waals surface area contributed by atoms with Crippen molar-refractivity contribution in [3.05, 3.63) is 104 Å². The first-order valence-electron chi connectivity index (χ1n) is 11.3. The Morgan fingerprint density at radius 3 is 2.57 bits per heavy atom. The molecule has 0 radical (unpaired) electrons. The van der Waals surface area contributed by atoms with Crippen LogP contribution >= 0.6 is 39.1 Å². The van der Waals surface area contributed by atoms with Gasteiger partial charge in [-0.2, -0.15) is 5.26 Å². The van der Waals surface area contributed by atoms with Gasteiger partial charge in [-0.3, -0.25) is 4.79 Å². The standard InChI is InChI=1S/C29H21BrCl2N2O3/c1-2-36-27-14-18(12-21(16-33)29(35)34-22-10-11-25(31)26(32)15-22)13-24(30)28(27)37-17-20-8-5-7-19-6-3-4-9-23(19)20/h3-15H,2,17H2,1H3,(H,34,35)/b21-12-. The van der Waals surface area contributed by atoms with Gasteiger partial charge in [-0.1, -0.05) is 65.7 Å². The number of rotatable bonds is 8. The van der Waals surface area contributed by atoms with E-state index in [2.05, 4.69) is 39.4 Å². The largest absolute Gasteiger partial charge is 0.490 e. The number of nitrogens with one attached hydrogen (secondary N) is 1. The second-order valence-corrected chi connectivity index (χ2v) is 9.61. The Hall–Kier alpha value is -3.50. The summed E-state index contributed by atoms with van der Waals surface area (Å²) in [7, 11) is 0. The Balaban J connectivity index is 1.59. The summed E-state index contributed by atoms with van der Waals surface area (Å²) in [6, 6.07) is 24.4. The molecule has 1 N–H and O–H groups in total. The number of benzene rings is 4. The minimum Gasteiger partial charge on any atom is -0.490 e. The number of fused-ring (bicyclic) bond motifs is 1. The monoisotopic (exact) mass is 594 g/mol. The maximum atomic E-state index is 12.7. The van der Waals surface area contributed by atoms with Crippen LogP contribution in [0.4, 0.5) is 5.69 Å². The van der Waals surface area contributed by atoms with Crippen molar-refractivity contribution in [2.75, 3.05) is 11.9 Å². The molecule has 0 saturated carbocycles. The number of carbonyl (C=O) groups is 1. The van der Waals surface area contributed by atoms with E-state index in [1.54, 1.807) is 24.3 Å². The van der Waals surface area contributed by atoms with Crippen molar-refractivity contribution in [3.8, 4) is 17.6 Å². The normalized spacial score (nSPS) is 11.2. The van der Waals surface area contributed by atoms with Crippen LogP contribution in [0.2, 0.25) is 10.0 Å². The van der Waals surface area contributed by atoms with Crippen molar-refractivity contribution in [1.29, 1.82) is 5.26 Å². The molecule has 0 saturated heterocycles. The van der Waals surface area contributed by atoms with Crippen molar-refractivity contribution in [2.24, 2.45) is 0 Å². The highest BCUT2D eigenvalue weighted by atomic mass is 79.9. The Labute approximate surface area is 233 Å². The van der Waals surface area contributed by atoms with Crippen LogP contribution in [-0.2, 0) is 11.4 Å². The lowest BCUT2D eigenvalue weighted by Crippen LogP contribution is -2.13. The van der Waals surface area contributed by atoms with Gasteiger partial charge >= 0.3 is 0 Å². The predicted octanol–water partition coefficient (Wildman–Crippen LogP) is 8.43. The van der Waals surface area contributed by atoms with Crippen LogP contribution in [-0.4, -0.2) is 12.5 Å². The molecule has 0 heterocycles. The molecule has 37 heavy (non-hydrogen) atoms. The Kier molecular flexibility index (Phi) is 8.73. The van der Waals surface area contributed by atoms with Crippen molar-refractivity contribution in [1.82, 2.24) is 0 Å². The average molecular weight is 596 g/mol. The van der Waals surface area contributed by atoms with E-state index in [-0.39, 0.29) is 5.57 Å². The molecule has 5 nitrogen and oxygen atoms in total. The number of hydrogen-bond acceptors (Lipinski definition) is 4. The van der Waals surface area contributed by atoms with Crippen LogP contribution in [0.1, 0.15) is 18.1 Å². The van der Waals surface area contributed by atoms with Crippen LogP contribution in [0.5, 0.6) is 11.5 Å². The Bertz CT molecular complexity index is 1540. The highest BCUT2D eigenvalue weighted by molar-refractivity contribution is 9.10. The zero-order valence-corrected chi connectivity index (χ0v) is 22.8. The van der Waals surface area contributed by atoms with Crippen LogP contribution in [0, 0.1) is 11.3 Å². The quantitative estimate of drug-likeness (QED) is 0.164. The molecule has 186 valence electrons. The minimum atomic E-state index is -0.578. The van der Waals surface area contributed by atoms with Gasteiger partial charge in [-0.05, 0) is 81.2 Å². The zero-order valence-electron chi connectivity index (χ0n) is 19.7. The summed E-state index contributed by atoms with van der Waals surface area (Å²) in [6.45, 7) is 2.62. The van der Waals surface area contributed by atoms with Crippen LogP contribution in [0.3, 0.4) is 0 Å². The highest BCUT2D eigenvalue weighted by Crippen LogP contribution is 2.38. The van der Waals surface area contributed by atoms with Gasteiger partial charge in [0.15, 0.2) is 11.5 Å². The fourth-order valence-electron chi connectivity index (χ4n) is 3.73. The SMILES string of the molecule is CCOc1cc(/C=C(/C#N)C(=O)Nc2ccc(Cl)c(Cl)c2)cc(Br)c1OCc1cccc2ccccc12. The third-order valence-electron chi connectivity index (χ3n) is 5.44. The van der Waals surface area contributed by atoms with Gasteiger partial charge in [0.2, 0.25) is 0 Å². The first-order chi connectivity index (χ1) is 17.9. The molecule has 0 spiro atoms. The number of hydrogen-bond donors (Lipinski definition) is 1. The average Bonchev–Trinajstić information content (AvgIpc) is 2.89. The second-order valence-electron chi connectivity index (χ2n) is 7.94. The summed E-state index contributed by atoms with van der Waals surface area (Å²) in [5.41, 5.74) is 1.97. The summed E-state index contributed by atoms with van der Waals surface area (Å²) in [5.74, 6) is 0.447. The molecule has 4 aromatic rings. The molecule has 0 aliphatic heterocycles. The van der Waals surface area contributed by atoms with E-state index in [1.807, 2.05) is 37.3 Å². The van der Waals surface area contributed by atoms with E-state index >= 15 is 0 Å². The summed E-state index contributed by atoms with van der Waals surface area (Å²) >= 11 is 15.5. The van der Waals surface area contributed by atoms with Gasteiger partial charge in [0, 0.05) is 5.69 Å². The number of halogens is 3. The fraction of sp³-hybridized carbons (Fsp3) is 0.103. The van der Waals surface area contributed by atoms with E-state index in [1.165, 1.54) is 12.1 Å². The number of amides is 1. The molecule has 0 atom stereocenters. The Morgan fingerprint density at radius 2 is 1.81 bits per heavy atom. The molecule has 0 aliphatic rings. The molecule has 0 fully saturated rings. The van der Waals surface area contributed by atoms with Crippen LogP contribution in [0.25, 0.3) is 16.8 Å². The van der Waals surface area contributed by atoms with Crippen molar-refractivity contribution in [3.63, 3.8) is 0 Å². The zero-order chi connectivity index (χ0) is 26.4. The molecule has 1 amide bonds. The van der Waals surface area contributed by atoms with Crippen molar-refractivity contribution in [2.45, 2.75) is 13.5 Å². The number of nitrogens with zero attached hydrogens (tertiary/aromatic N) is 1. The first-order valence-corrected chi connectivity index (χ1v) is 12.9. The van der Waals surface area contributed by atoms with Gasteiger partial charge in [0.1, 0.15) is 18.2 Å². The van der Waals surface area contributed by atoms with Gasteiger partial charge in [-0.25, -0.2) is 0 Å². The topological polar surface area (TPSA) is 71.3 Å². The molecule has 0 unspecified atom stereocenters. The summed E-state index contributed by atoms with van der Waals surface area (Å²) in [5, 5.41) is 15.2. The smallest absolute Gasteiger partial charge is 0.266 e. The maximum absolute atomic E-state index is 12.7. The third kappa shape index (κ3) is 6.44. The lowest BCUT2D eigenvalue weighted by Gasteiger charge is -2.16. The Morgan fingerprint density at radius 1 is 1.03 bits per heavy atom. The lowest BCUT2D eigenvalue weighted by molar-refractivity contribution is -0.112. The van der Waals surface area contributed by atoms with Crippen molar-refractivity contribution < 1.29 is 14.3 Å². The molecular weight excluding hydrogens is 575 g/mol. The fourth-order valence-corrected chi connectivity index (χ4v) is 4.60. The van der Waals surface area contributed by atoms with E-state index < -0.39 is 5.91 Å². The van der Waals surface area contributed by atoms with Gasteiger partial charge < -0.3 is 14.8 Å². The molecular formula is C29H21BrCl2N2O3. The second kappa shape index (κ2) is 12.2. The summed E-state index contributed by atoms with van der Waals surface area (Å²) in [6.07, 6.45) is 1.48. The summed E-state index contributed by atoms with van der Waals surface area (Å²) in [4.78, 5) is 12.7. The van der Waals surface area contributed by atoms with E-state index in [0.29, 0.717) is 50.5 Å². The van der Waals surface area contributed by atoms with E-state index in [0.717, 1.165) is 16.3 Å². The summed E-state index contributed by atoms with van der Waals surface area (Å²) < 4.78 is 12.7. The van der Waals surface area contributed by atoms with Crippen LogP contribution < -0.4 is 14.8 Å². The molecule has 4 rings (SSSR count). The first kappa shape index (κ1) is 26.6. The minimum absolute atomic E-state index is 0.0927. The highest BCUT2D eigenvalue weighted by Gasteiger charge is 2.15. The molecule has 0 bridgehead atoms. The van der Waals surface area contributed by atoms with E-state index in [4.69, 9.17) is 32.7 Å². The number of carbonyl (C=O) groups excluding carboxylic acids is 1. The molecule has 0 aliphatic carbocycles. The number of nitriles is 1. The molecule has 4 aromatic carbocycles. The maximum Gasteiger partial charge on any atom is 0.266 e. The van der Waals surface area contributed by atoms with Gasteiger partial charge in [0.25, 0.3) is 5.91 Å². The number of ether oxygens (including phenoxy) is 2. The van der Waals surface area contributed by atoms with Gasteiger partial charge in [0.05, 0.1) is 21.1 Å². The van der Waals surface area contributed by atoms with Gasteiger partial charge in [-0.15, -0.1) is 0 Å². The molecule has 8 heteroatoms. The van der Waals surface area contributed by atoms with Crippen molar-refractivity contribution >= 4 is 67.6 Å². The lowest BCUT2D eigenvalue weighted by atomic mass is 10.1. The van der Waals surface area contributed by atoms with Crippen LogP contribution in [0.15, 0.2) is 82.8 Å².